The molecule has 20 heavy (non-hydrogen) atoms. The van der Waals surface area contributed by atoms with Gasteiger partial charge < -0.3 is 9.64 Å². The summed E-state index contributed by atoms with van der Waals surface area (Å²) in [5.74, 6) is 1.86. The van der Waals surface area contributed by atoms with E-state index in [2.05, 4.69) is 4.98 Å². The number of amides is 1. The number of fused-ring (bicyclic) bond motifs is 2. The molecule has 0 atom stereocenters. The smallest absolute Gasteiger partial charge is 0.262 e. The van der Waals surface area contributed by atoms with Crippen LogP contribution in [0, 0.1) is 0 Å². The van der Waals surface area contributed by atoms with Gasteiger partial charge in [0.2, 0.25) is 5.88 Å². The molecular formula is C15H14N2O2S. The molecule has 0 N–H and O–H groups in total. The fourth-order valence-corrected chi connectivity index (χ4v) is 2.53. The molecule has 0 fully saturated rings. The number of carbonyl (C=O) groups is 1. The fourth-order valence-electron chi connectivity index (χ4n) is 2.16. The molecule has 1 aromatic carbocycles. The first-order chi connectivity index (χ1) is 9.81. The van der Waals surface area contributed by atoms with Gasteiger partial charge >= 0.3 is 0 Å². The maximum Gasteiger partial charge on any atom is 0.262 e. The SMILES string of the molecule is CSCCN1C(=O)c2ccccc2Oc2ncccc21. The van der Waals surface area contributed by atoms with Gasteiger partial charge in [-0.2, -0.15) is 11.8 Å². The van der Waals surface area contributed by atoms with Crippen molar-refractivity contribution >= 4 is 23.4 Å². The van der Waals surface area contributed by atoms with Crippen LogP contribution in [0.2, 0.25) is 0 Å². The minimum atomic E-state index is -0.0404. The zero-order chi connectivity index (χ0) is 13.9. The number of pyridine rings is 1. The monoisotopic (exact) mass is 286 g/mol. The Morgan fingerprint density at radius 1 is 1.25 bits per heavy atom. The number of aromatic nitrogens is 1. The number of benzene rings is 1. The van der Waals surface area contributed by atoms with E-state index in [1.54, 1.807) is 35.0 Å². The number of hydrogen-bond donors (Lipinski definition) is 0. The molecule has 1 aliphatic heterocycles. The molecule has 1 amide bonds. The molecule has 0 bridgehead atoms. The van der Waals surface area contributed by atoms with Gasteiger partial charge in [-0.3, -0.25) is 4.79 Å². The van der Waals surface area contributed by atoms with Crippen molar-refractivity contribution in [2.75, 3.05) is 23.5 Å². The predicted molar refractivity (Wildman–Crippen MR) is 80.8 cm³/mol. The Bertz CT molecular complexity index is 645. The number of thioether (sulfide) groups is 1. The minimum absolute atomic E-state index is 0.0404. The van der Waals surface area contributed by atoms with Gasteiger partial charge in [0.05, 0.1) is 5.56 Å². The van der Waals surface area contributed by atoms with Crippen molar-refractivity contribution in [2.45, 2.75) is 0 Å². The number of carbonyl (C=O) groups excluding carboxylic acids is 1. The molecule has 2 aromatic rings. The Hall–Kier alpha value is -2.01. The van der Waals surface area contributed by atoms with E-state index in [1.807, 2.05) is 30.5 Å². The molecule has 0 saturated carbocycles. The van der Waals surface area contributed by atoms with Gasteiger partial charge in [-0.15, -0.1) is 0 Å². The normalized spacial score (nSPS) is 13.2. The number of hydrogen-bond acceptors (Lipinski definition) is 4. The second-order valence-electron chi connectivity index (χ2n) is 4.38. The maximum absolute atomic E-state index is 12.7. The first-order valence-electron chi connectivity index (χ1n) is 6.34. The molecule has 102 valence electrons. The van der Waals surface area contributed by atoms with Crippen molar-refractivity contribution in [1.82, 2.24) is 4.98 Å². The molecule has 1 aromatic heterocycles. The van der Waals surface area contributed by atoms with Crippen molar-refractivity contribution in [3.8, 4) is 11.6 Å². The average molecular weight is 286 g/mol. The first kappa shape index (κ1) is 13.0. The van der Waals surface area contributed by atoms with Crippen LogP contribution in [-0.2, 0) is 0 Å². The fraction of sp³-hybridized carbons (Fsp3) is 0.200. The Labute approximate surface area is 121 Å². The highest BCUT2D eigenvalue weighted by atomic mass is 32.2. The quantitative estimate of drug-likeness (QED) is 0.869. The number of nitrogens with zero attached hydrogens (tertiary/aromatic N) is 2. The van der Waals surface area contributed by atoms with Crippen molar-refractivity contribution in [3.05, 3.63) is 48.2 Å². The Morgan fingerprint density at radius 3 is 2.95 bits per heavy atom. The number of ether oxygens (including phenoxy) is 1. The Morgan fingerprint density at radius 2 is 2.10 bits per heavy atom. The van der Waals surface area contributed by atoms with E-state index in [1.165, 1.54) is 0 Å². The van der Waals surface area contributed by atoms with Crippen molar-refractivity contribution in [2.24, 2.45) is 0 Å². The third kappa shape index (κ3) is 2.25. The molecule has 1 aliphatic rings. The third-order valence-corrected chi connectivity index (χ3v) is 3.72. The van der Waals surface area contributed by atoms with Crippen LogP contribution in [0.5, 0.6) is 11.6 Å². The second kappa shape index (κ2) is 5.54. The van der Waals surface area contributed by atoms with Gasteiger partial charge in [-0.05, 0) is 30.5 Å². The van der Waals surface area contributed by atoms with Gasteiger partial charge in [0.25, 0.3) is 5.91 Å². The summed E-state index contributed by atoms with van der Waals surface area (Å²) in [6, 6.07) is 11.0. The molecule has 4 nitrogen and oxygen atoms in total. The molecule has 5 heteroatoms. The summed E-state index contributed by atoms with van der Waals surface area (Å²) >= 11 is 1.70. The average Bonchev–Trinajstić information content (AvgIpc) is 2.60. The van der Waals surface area contributed by atoms with Crippen LogP contribution in [0.25, 0.3) is 0 Å². The van der Waals surface area contributed by atoms with E-state index >= 15 is 0 Å². The van der Waals surface area contributed by atoms with Crippen LogP contribution in [0.4, 0.5) is 5.69 Å². The third-order valence-electron chi connectivity index (χ3n) is 3.13. The highest BCUT2D eigenvalue weighted by Crippen LogP contribution is 2.36. The zero-order valence-electron chi connectivity index (χ0n) is 11.1. The van der Waals surface area contributed by atoms with Crippen molar-refractivity contribution in [3.63, 3.8) is 0 Å². The minimum Gasteiger partial charge on any atom is -0.436 e. The Balaban J connectivity index is 2.11. The summed E-state index contributed by atoms with van der Waals surface area (Å²) < 4.78 is 5.80. The van der Waals surface area contributed by atoms with Crippen molar-refractivity contribution in [1.29, 1.82) is 0 Å². The molecule has 0 radical (unpaired) electrons. The number of rotatable bonds is 3. The van der Waals surface area contributed by atoms with E-state index in [9.17, 15) is 4.79 Å². The van der Waals surface area contributed by atoms with Gasteiger partial charge in [0, 0.05) is 18.5 Å². The summed E-state index contributed by atoms with van der Waals surface area (Å²) in [5.41, 5.74) is 1.30. The standard InChI is InChI=1S/C15H14N2O2S/c1-20-10-9-17-12-6-4-8-16-14(12)19-13-7-3-2-5-11(13)15(17)18/h2-8H,9-10H2,1H3. The predicted octanol–water partition coefficient (Wildman–Crippen LogP) is 3.20. The lowest BCUT2D eigenvalue weighted by atomic mass is 10.1. The summed E-state index contributed by atoms with van der Waals surface area (Å²) in [6.07, 6.45) is 3.70. The molecule has 0 unspecified atom stereocenters. The van der Waals surface area contributed by atoms with Gasteiger partial charge in [0.1, 0.15) is 11.4 Å². The lowest BCUT2D eigenvalue weighted by Gasteiger charge is -2.20. The van der Waals surface area contributed by atoms with Crippen molar-refractivity contribution < 1.29 is 9.53 Å². The van der Waals surface area contributed by atoms with Crippen LogP contribution in [-0.4, -0.2) is 29.4 Å². The van der Waals surface area contributed by atoms with Crippen LogP contribution in [0.1, 0.15) is 10.4 Å². The molecule has 0 saturated heterocycles. The van der Waals surface area contributed by atoms with E-state index in [4.69, 9.17) is 4.74 Å². The van der Waals surface area contributed by atoms with Crippen LogP contribution in [0.15, 0.2) is 42.6 Å². The maximum atomic E-state index is 12.7. The molecule has 2 heterocycles. The zero-order valence-corrected chi connectivity index (χ0v) is 11.9. The summed E-state index contributed by atoms with van der Waals surface area (Å²) in [5, 5.41) is 0. The van der Waals surface area contributed by atoms with E-state index in [0.29, 0.717) is 23.7 Å². The lowest BCUT2D eigenvalue weighted by Crippen LogP contribution is -2.32. The number of anilines is 1. The van der Waals surface area contributed by atoms with E-state index in [0.717, 1.165) is 11.4 Å². The van der Waals surface area contributed by atoms with Gasteiger partial charge in [-0.25, -0.2) is 4.98 Å². The van der Waals surface area contributed by atoms with Crippen LogP contribution >= 0.6 is 11.8 Å². The largest absolute Gasteiger partial charge is 0.436 e. The summed E-state index contributed by atoms with van der Waals surface area (Å²) in [7, 11) is 0. The highest BCUT2D eigenvalue weighted by molar-refractivity contribution is 7.98. The van der Waals surface area contributed by atoms with Gasteiger partial charge in [0.15, 0.2) is 0 Å². The topological polar surface area (TPSA) is 42.4 Å². The summed E-state index contributed by atoms with van der Waals surface area (Å²) in [6.45, 7) is 0.635. The van der Waals surface area contributed by atoms with Crippen LogP contribution < -0.4 is 9.64 Å². The second-order valence-corrected chi connectivity index (χ2v) is 5.36. The number of para-hydroxylation sites is 1. The van der Waals surface area contributed by atoms with Crippen LogP contribution in [0.3, 0.4) is 0 Å². The highest BCUT2D eigenvalue weighted by Gasteiger charge is 2.28. The summed E-state index contributed by atoms with van der Waals surface area (Å²) in [4.78, 5) is 18.7. The van der Waals surface area contributed by atoms with E-state index in [-0.39, 0.29) is 5.91 Å². The van der Waals surface area contributed by atoms with E-state index < -0.39 is 0 Å². The lowest BCUT2D eigenvalue weighted by molar-refractivity contribution is 0.0988. The molecule has 3 rings (SSSR count). The molecule has 0 aliphatic carbocycles. The molecular weight excluding hydrogens is 272 g/mol. The Kier molecular flexibility index (Phi) is 3.60. The molecule has 0 spiro atoms. The first-order valence-corrected chi connectivity index (χ1v) is 7.73. The van der Waals surface area contributed by atoms with Gasteiger partial charge in [-0.1, -0.05) is 12.1 Å².